The van der Waals surface area contributed by atoms with E-state index in [1.165, 1.54) is 6.26 Å². The summed E-state index contributed by atoms with van der Waals surface area (Å²) in [5.41, 5.74) is 1.89. The topological polar surface area (TPSA) is 72.0 Å². The number of benzene rings is 1. The molecule has 0 amide bonds. The Morgan fingerprint density at radius 3 is 2.42 bits per heavy atom. The van der Waals surface area contributed by atoms with Crippen molar-refractivity contribution in [3.05, 3.63) is 54.1 Å². The lowest BCUT2D eigenvalue weighted by Crippen LogP contribution is -2.13. The molecule has 0 fully saturated rings. The van der Waals surface area contributed by atoms with Gasteiger partial charge in [-0.1, -0.05) is 12.1 Å². The van der Waals surface area contributed by atoms with Crippen molar-refractivity contribution in [2.75, 3.05) is 6.26 Å². The standard InChI is InChI=1S/C13H15N3O2S/c1-19(17,18)13-4-2-11(3-5-13)8-15-10-12-9-14-6-7-16-12/h2-7,9,15H,8,10H2,1H3. The molecule has 0 saturated carbocycles. The number of hydrogen-bond acceptors (Lipinski definition) is 5. The Bertz CT molecular complexity index is 625. The molecule has 1 aromatic carbocycles. The summed E-state index contributed by atoms with van der Waals surface area (Å²) in [6, 6.07) is 6.85. The average Bonchev–Trinajstić information content (AvgIpc) is 2.39. The first-order valence-corrected chi connectivity index (χ1v) is 7.69. The zero-order chi connectivity index (χ0) is 13.7. The second kappa shape index (κ2) is 5.90. The van der Waals surface area contributed by atoms with Crippen LogP contribution in [0.1, 0.15) is 11.3 Å². The van der Waals surface area contributed by atoms with Crippen molar-refractivity contribution in [3.8, 4) is 0 Å². The molecule has 0 radical (unpaired) electrons. The Hall–Kier alpha value is -1.79. The van der Waals surface area contributed by atoms with Crippen LogP contribution in [0.5, 0.6) is 0 Å². The zero-order valence-electron chi connectivity index (χ0n) is 10.6. The molecule has 19 heavy (non-hydrogen) atoms. The van der Waals surface area contributed by atoms with E-state index in [-0.39, 0.29) is 0 Å². The smallest absolute Gasteiger partial charge is 0.175 e. The van der Waals surface area contributed by atoms with Gasteiger partial charge in [-0.15, -0.1) is 0 Å². The highest BCUT2D eigenvalue weighted by Gasteiger charge is 2.05. The van der Waals surface area contributed by atoms with Crippen LogP contribution in [0.4, 0.5) is 0 Å². The van der Waals surface area contributed by atoms with Crippen molar-refractivity contribution in [1.82, 2.24) is 15.3 Å². The lowest BCUT2D eigenvalue weighted by Gasteiger charge is -2.05. The largest absolute Gasteiger partial charge is 0.307 e. The van der Waals surface area contributed by atoms with Gasteiger partial charge in [0, 0.05) is 37.9 Å². The third-order valence-corrected chi connectivity index (χ3v) is 3.73. The van der Waals surface area contributed by atoms with Crippen molar-refractivity contribution in [3.63, 3.8) is 0 Å². The third kappa shape index (κ3) is 4.11. The number of sulfone groups is 1. The van der Waals surface area contributed by atoms with Gasteiger partial charge in [-0.3, -0.25) is 9.97 Å². The molecule has 6 heteroatoms. The molecule has 0 atom stereocenters. The lowest BCUT2D eigenvalue weighted by molar-refractivity contribution is 0.601. The number of hydrogen-bond donors (Lipinski definition) is 1. The van der Waals surface area contributed by atoms with Crippen LogP contribution >= 0.6 is 0 Å². The third-order valence-electron chi connectivity index (χ3n) is 2.60. The minimum atomic E-state index is -3.12. The Labute approximate surface area is 112 Å². The monoisotopic (exact) mass is 277 g/mol. The normalized spacial score (nSPS) is 11.4. The molecule has 100 valence electrons. The fourth-order valence-electron chi connectivity index (χ4n) is 1.61. The zero-order valence-corrected chi connectivity index (χ0v) is 11.4. The number of nitrogens with one attached hydrogen (secondary N) is 1. The molecule has 0 bridgehead atoms. The molecule has 1 aromatic heterocycles. The molecule has 5 nitrogen and oxygen atoms in total. The van der Waals surface area contributed by atoms with E-state index >= 15 is 0 Å². The van der Waals surface area contributed by atoms with Crippen molar-refractivity contribution in [2.45, 2.75) is 18.0 Å². The molecule has 0 aliphatic rings. The number of nitrogens with zero attached hydrogens (tertiary/aromatic N) is 2. The van der Waals surface area contributed by atoms with Crippen molar-refractivity contribution < 1.29 is 8.42 Å². The van der Waals surface area contributed by atoms with Crippen LogP contribution in [0.3, 0.4) is 0 Å². The first-order chi connectivity index (χ1) is 9.05. The first kappa shape index (κ1) is 13.6. The predicted octanol–water partition coefficient (Wildman–Crippen LogP) is 1.17. The van der Waals surface area contributed by atoms with Gasteiger partial charge in [0.1, 0.15) is 0 Å². The van der Waals surface area contributed by atoms with E-state index in [1.54, 1.807) is 42.9 Å². The Balaban J connectivity index is 1.90. The van der Waals surface area contributed by atoms with Gasteiger partial charge in [-0.05, 0) is 17.7 Å². The molecule has 1 heterocycles. The predicted molar refractivity (Wildman–Crippen MR) is 72.1 cm³/mol. The van der Waals surface area contributed by atoms with Crippen molar-refractivity contribution >= 4 is 9.84 Å². The summed E-state index contributed by atoms with van der Waals surface area (Å²) in [6.07, 6.45) is 6.19. The second-order valence-corrected chi connectivity index (χ2v) is 6.23. The fourth-order valence-corrected chi connectivity index (χ4v) is 2.24. The number of rotatable bonds is 5. The van der Waals surface area contributed by atoms with Gasteiger partial charge in [-0.25, -0.2) is 8.42 Å². The minimum absolute atomic E-state index is 0.338. The lowest BCUT2D eigenvalue weighted by atomic mass is 10.2. The maximum absolute atomic E-state index is 11.3. The van der Waals surface area contributed by atoms with Gasteiger partial charge in [0.05, 0.1) is 10.6 Å². The first-order valence-electron chi connectivity index (χ1n) is 5.80. The van der Waals surface area contributed by atoms with Crippen LogP contribution in [0.15, 0.2) is 47.8 Å². The van der Waals surface area contributed by atoms with Crippen LogP contribution in [0, 0.1) is 0 Å². The van der Waals surface area contributed by atoms with Crippen LogP contribution in [-0.4, -0.2) is 24.6 Å². The summed E-state index contributed by atoms with van der Waals surface area (Å²) in [5, 5.41) is 3.22. The summed E-state index contributed by atoms with van der Waals surface area (Å²) in [6.45, 7) is 1.28. The van der Waals surface area contributed by atoms with E-state index in [1.807, 2.05) is 0 Å². The van der Waals surface area contributed by atoms with Crippen molar-refractivity contribution in [1.29, 1.82) is 0 Å². The van der Waals surface area contributed by atoms with E-state index in [2.05, 4.69) is 15.3 Å². The summed E-state index contributed by atoms with van der Waals surface area (Å²) in [7, 11) is -3.12. The molecule has 2 aromatic rings. The van der Waals surface area contributed by atoms with Crippen LogP contribution < -0.4 is 5.32 Å². The Kier molecular flexibility index (Phi) is 4.24. The van der Waals surface area contributed by atoms with E-state index in [4.69, 9.17) is 0 Å². The molecule has 1 N–H and O–H groups in total. The molecule has 0 aliphatic carbocycles. The molecule has 0 unspecified atom stereocenters. The molecular formula is C13H15N3O2S. The summed E-state index contributed by atoms with van der Waals surface area (Å²) < 4.78 is 22.6. The van der Waals surface area contributed by atoms with E-state index in [9.17, 15) is 8.42 Å². The highest BCUT2D eigenvalue weighted by atomic mass is 32.2. The van der Waals surface area contributed by atoms with Gasteiger partial charge in [0.2, 0.25) is 0 Å². The molecule has 0 aliphatic heterocycles. The maximum Gasteiger partial charge on any atom is 0.175 e. The average molecular weight is 277 g/mol. The summed E-state index contributed by atoms with van der Waals surface area (Å²) >= 11 is 0. The molecular weight excluding hydrogens is 262 g/mol. The van der Waals surface area contributed by atoms with Crippen molar-refractivity contribution in [2.24, 2.45) is 0 Å². The number of aromatic nitrogens is 2. The van der Waals surface area contributed by atoms with Crippen LogP contribution in [0.25, 0.3) is 0 Å². The Morgan fingerprint density at radius 1 is 1.11 bits per heavy atom. The van der Waals surface area contributed by atoms with Gasteiger partial charge in [0.25, 0.3) is 0 Å². The quantitative estimate of drug-likeness (QED) is 0.888. The SMILES string of the molecule is CS(=O)(=O)c1ccc(CNCc2cnccn2)cc1. The molecule has 0 saturated heterocycles. The van der Waals surface area contributed by atoms with Crippen LogP contribution in [-0.2, 0) is 22.9 Å². The fraction of sp³-hybridized carbons (Fsp3) is 0.231. The van der Waals surface area contributed by atoms with Gasteiger partial charge in [0.15, 0.2) is 9.84 Å². The van der Waals surface area contributed by atoms with E-state index in [0.29, 0.717) is 18.0 Å². The Morgan fingerprint density at radius 2 is 1.84 bits per heavy atom. The van der Waals surface area contributed by atoms with E-state index in [0.717, 1.165) is 11.3 Å². The highest BCUT2D eigenvalue weighted by Crippen LogP contribution is 2.10. The van der Waals surface area contributed by atoms with Gasteiger partial charge < -0.3 is 5.32 Å². The summed E-state index contributed by atoms with van der Waals surface area (Å²) in [5.74, 6) is 0. The maximum atomic E-state index is 11.3. The summed E-state index contributed by atoms with van der Waals surface area (Å²) in [4.78, 5) is 8.47. The molecule has 0 spiro atoms. The highest BCUT2D eigenvalue weighted by molar-refractivity contribution is 7.90. The second-order valence-electron chi connectivity index (χ2n) is 4.22. The van der Waals surface area contributed by atoms with E-state index < -0.39 is 9.84 Å². The minimum Gasteiger partial charge on any atom is -0.307 e. The van der Waals surface area contributed by atoms with Crippen LogP contribution in [0.2, 0.25) is 0 Å². The van der Waals surface area contributed by atoms with Gasteiger partial charge >= 0.3 is 0 Å². The molecule has 2 rings (SSSR count). The van der Waals surface area contributed by atoms with Gasteiger partial charge in [-0.2, -0.15) is 0 Å².